The van der Waals surface area contributed by atoms with Crippen LogP contribution in [0.2, 0.25) is 0 Å². The van der Waals surface area contributed by atoms with Gasteiger partial charge >= 0.3 is 0 Å². The van der Waals surface area contributed by atoms with E-state index in [0.717, 1.165) is 12.8 Å². The van der Waals surface area contributed by atoms with Crippen LogP contribution in [0, 0.1) is 11.3 Å². The van der Waals surface area contributed by atoms with E-state index in [0.29, 0.717) is 12.8 Å². The van der Waals surface area contributed by atoms with Crippen LogP contribution in [0.1, 0.15) is 25.7 Å². The van der Waals surface area contributed by atoms with Crippen LogP contribution in [0.3, 0.4) is 0 Å². The average Bonchev–Trinajstić information content (AvgIpc) is 1.88. The van der Waals surface area contributed by atoms with Gasteiger partial charge in [0.2, 0.25) is 5.91 Å². The minimum atomic E-state index is 0.0894. The minimum Gasteiger partial charge on any atom is -0.352 e. The van der Waals surface area contributed by atoms with Gasteiger partial charge in [0, 0.05) is 12.5 Å². The third-order valence-corrected chi connectivity index (χ3v) is 1.66. The van der Waals surface area contributed by atoms with Gasteiger partial charge in [-0.05, 0) is 12.8 Å². The molecule has 0 aromatic carbocycles. The topological polar surface area (TPSA) is 52.9 Å². The lowest BCUT2D eigenvalue weighted by Gasteiger charge is -2.20. The number of carbonyl (C=O) groups is 1. The van der Waals surface area contributed by atoms with Gasteiger partial charge in [0.05, 0.1) is 12.5 Å². The lowest BCUT2D eigenvalue weighted by molar-refractivity contribution is -0.123. The Morgan fingerprint density at radius 2 is 2.60 bits per heavy atom. The van der Waals surface area contributed by atoms with Crippen LogP contribution in [0.5, 0.6) is 0 Å². The fourth-order valence-corrected chi connectivity index (χ4v) is 1.14. The highest BCUT2D eigenvalue weighted by molar-refractivity contribution is 5.76. The van der Waals surface area contributed by atoms with Gasteiger partial charge in [-0.25, -0.2) is 0 Å². The van der Waals surface area contributed by atoms with Crippen molar-refractivity contribution in [3.05, 3.63) is 0 Å². The number of nitrogens with zero attached hydrogens (tertiary/aromatic N) is 1. The highest BCUT2D eigenvalue weighted by atomic mass is 16.1. The van der Waals surface area contributed by atoms with Gasteiger partial charge in [0.1, 0.15) is 0 Å². The lowest BCUT2D eigenvalue weighted by Crippen LogP contribution is -2.38. The molecule has 0 aliphatic carbocycles. The average molecular weight is 138 g/mol. The second kappa shape index (κ2) is 3.21. The number of rotatable bonds is 1. The second-order valence-electron chi connectivity index (χ2n) is 2.52. The van der Waals surface area contributed by atoms with Crippen LogP contribution in [0.15, 0.2) is 0 Å². The molecule has 54 valence electrons. The summed E-state index contributed by atoms with van der Waals surface area (Å²) in [5.74, 6) is 0.0894. The standard InChI is InChI=1S/C7H10N2O/c8-5-4-6-2-1-3-7(10)9-6/h6H,1-4H2,(H,9,10). The Hall–Kier alpha value is -1.04. The molecular formula is C7H10N2O. The first-order valence-corrected chi connectivity index (χ1v) is 3.49. The largest absolute Gasteiger partial charge is 0.352 e. The number of hydrogen-bond acceptors (Lipinski definition) is 2. The van der Waals surface area contributed by atoms with Gasteiger partial charge in [0.25, 0.3) is 0 Å². The van der Waals surface area contributed by atoms with Crippen LogP contribution in [0.4, 0.5) is 0 Å². The maximum absolute atomic E-state index is 10.7. The van der Waals surface area contributed by atoms with Crippen molar-refractivity contribution in [2.75, 3.05) is 0 Å². The van der Waals surface area contributed by atoms with Crippen molar-refractivity contribution >= 4 is 5.91 Å². The van der Waals surface area contributed by atoms with Crippen LogP contribution >= 0.6 is 0 Å². The summed E-state index contributed by atoms with van der Waals surface area (Å²) in [7, 11) is 0. The number of nitriles is 1. The lowest BCUT2D eigenvalue weighted by atomic mass is 10.0. The molecule has 1 aliphatic heterocycles. The Kier molecular flexibility index (Phi) is 2.27. The molecule has 1 aliphatic rings. The molecule has 0 bridgehead atoms. The molecule has 1 saturated heterocycles. The van der Waals surface area contributed by atoms with E-state index in [1.54, 1.807) is 0 Å². The Labute approximate surface area is 60.0 Å². The summed E-state index contributed by atoms with van der Waals surface area (Å²) in [6.45, 7) is 0. The number of hydrogen-bond donors (Lipinski definition) is 1. The predicted molar refractivity (Wildman–Crippen MR) is 36.0 cm³/mol. The Morgan fingerprint density at radius 1 is 1.80 bits per heavy atom. The smallest absolute Gasteiger partial charge is 0.220 e. The molecule has 0 spiro atoms. The van der Waals surface area contributed by atoms with Gasteiger partial charge in [-0.1, -0.05) is 0 Å². The molecular weight excluding hydrogens is 128 g/mol. The van der Waals surface area contributed by atoms with E-state index >= 15 is 0 Å². The zero-order valence-electron chi connectivity index (χ0n) is 5.76. The SMILES string of the molecule is N#CCC1CCCC(=O)N1. The zero-order chi connectivity index (χ0) is 7.40. The summed E-state index contributed by atoms with van der Waals surface area (Å²) in [5, 5.41) is 11.1. The number of amides is 1. The van der Waals surface area contributed by atoms with E-state index in [-0.39, 0.29) is 11.9 Å². The molecule has 1 rings (SSSR count). The molecule has 1 N–H and O–H groups in total. The first-order valence-electron chi connectivity index (χ1n) is 3.49. The highest BCUT2D eigenvalue weighted by Gasteiger charge is 2.16. The molecule has 0 radical (unpaired) electrons. The number of piperidine rings is 1. The fraction of sp³-hybridized carbons (Fsp3) is 0.714. The maximum Gasteiger partial charge on any atom is 0.220 e. The zero-order valence-corrected chi connectivity index (χ0v) is 5.76. The van der Waals surface area contributed by atoms with Gasteiger partial charge in [-0.15, -0.1) is 0 Å². The van der Waals surface area contributed by atoms with Crippen molar-refractivity contribution in [2.45, 2.75) is 31.7 Å². The Morgan fingerprint density at radius 3 is 3.20 bits per heavy atom. The first-order chi connectivity index (χ1) is 4.83. The Bertz CT molecular complexity index is 171. The van der Waals surface area contributed by atoms with E-state index in [1.807, 2.05) is 6.07 Å². The third kappa shape index (κ3) is 1.73. The summed E-state index contributed by atoms with van der Waals surface area (Å²) in [6, 6.07) is 2.16. The molecule has 3 nitrogen and oxygen atoms in total. The number of carbonyl (C=O) groups excluding carboxylic acids is 1. The van der Waals surface area contributed by atoms with E-state index < -0.39 is 0 Å². The van der Waals surface area contributed by atoms with Gasteiger partial charge in [-0.2, -0.15) is 5.26 Å². The number of nitrogens with one attached hydrogen (secondary N) is 1. The normalized spacial score (nSPS) is 25.1. The van der Waals surface area contributed by atoms with Crippen LogP contribution in [0.25, 0.3) is 0 Å². The summed E-state index contributed by atoms with van der Waals surface area (Å²) in [6.07, 6.45) is 2.96. The Balaban J connectivity index is 2.34. The van der Waals surface area contributed by atoms with Crippen LogP contribution in [-0.4, -0.2) is 11.9 Å². The van der Waals surface area contributed by atoms with Crippen molar-refractivity contribution in [3.63, 3.8) is 0 Å². The molecule has 1 heterocycles. The van der Waals surface area contributed by atoms with E-state index in [1.165, 1.54) is 0 Å². The van der Waals surface area contributed by atoms with E-state index in [4.69, 9.17) is 5.26 Å². The van der Waals surface area contributed by atoms with Crippen molar-refractivity contribution in [3.8, 4) is 6.07 Å². The highest BCUT2D eigenvalue weighted by Crippen LogP contribution is 2.09. The van der Waals surface area contributed by atoms with Crippen LogP contribution in [-0.2, 0) is 4.79 Å². The van der Waals surface area contributed by atoms with Gasteiger partial charge in [-0.3, -0.25) is 4.79 Å². The van der Waals surface area contributed by atoms with E-state index in [9.17, 15) is 4.79 Å². The summed E-state index contributed by atoms with van der Waals surface area (Å²) in [5.41, 5.74) is 0. The fourth-order valence-electron chi connectivity index (χ4n) is 1.14. The predicted octanol–water partition coefficient (Wildman–Crippen LogP) is 0.569. The van der Waals surface area contributed by atoms with Gasteiger partial charge in [0.15, 0.2) is 0 Å². The molecule has 0 aromatic rings. The molecule has 1 fully saturated rings. The van der Waals surface area contributed by atoms with E-state index in [2.05, 4.69) is 5.32 Å². The van der Waals surface area contributed by atoms with Gasteiger partial charge < -0.3 is 5.32 Å². The van der Waals surface area contributed by atoms with Crippen molar-refractivity contribution in [1.29, 1.82) is 5.26 Å². The summed E-state index contributed by atoms with van der Waals surface area (Å²) >= 11 is 0. The van der Waals surface area contributed by atoms with Crippen molar-refractivity contribution in [2.24, 2.45) is 0 Å². The van der Waals surface area contributed by atoms with Crippen molar-refractivity contribution < 1.29 is 4.79 Å². The summed E-state index contributed by atoms with van der Waals surface area (Å²) < 4.78 is 0. The second-order valence-corrected chi connectivity index (χ2v) is 2.52. The first kappa shape index (κ1) is 7.07. The summed E-state index contributed by atoms with van der Waals surface area (Å²) in [4.78, 5) is 10.7. The molecule has 10 heavy (non-hydrogen) atoms. The minimum absolute atomic E-state index is 0.0894. The quantitative estimate of drug-likeness (QED) is 0.575. The maximum atomic E-state index is 10.7. The van der Waals surface area contributed by atoms with Crippen LogP contribution < -0.4 is 5.32 Å². The molecule has 1 atom stereocenters. The molecule has 0 aromatic heterocycles. The molecule has 3 heteroatoms. The van der Waals surface area contributed by atoms with Crippen molar-refractivity contribution in [1.82, 2.24) is 5.32 Å². The molecule has 1 unspecified atom stereocenters. The molecule has 1 amide bonds. The third-order valence-electron chi connectivity index (χ3n) is 1.66. The molecule has 0 saturated carbocycles. The monoisotopic (exact) mass is 138 g/mol.